The molecule has 2 aromatic heterocycles. The third kappa shape index (κ3) is 1.85. The summed E-state index contributed by atoms with van der Waals surface area (Å²) in [7, 11) is 2.00. The van der Waals surface area contributed by atoms with Crippen molar-refractivity contribution in [1.29, 1.82) is 0 Å². The Morgan fingerprint density at radius 2 is 2.35 bits per heavy atom. The fourth-order valence-corrected chi connectivity index (χ4v) is 2.50. The standard InChI is InChI=1S/C13H16N4/c1-17-13(12-6-4-8-15-12)10(9-16-17)11-5-2-3-7-14-11/h2-3,5,7,9,12,15H,4,6,8H2,1H3. The molecular formula is C13H16N4. The molecule has 2 aromatic rings. The molecule has 0 radical (unpaired) electrons. The molecule has 0 saturated carbocycles. The maximum Gasteiger partial charge on any atom is 0.0736 e. The van der Waals surface area contributed by atoms with E-state index in [4.69, 9.17) is 0 Å². The number of aryl methyl sites for hydroxylation is 1. The number of rotatable bonds is 2. The highest BCUT2D eigenvalue weighted by atomic mass is 15.3. The molecule has 0 bridgehead atoms. The lowest BCUT2D eigenvalue weighted by atomic mass is 10.1. The summed E-state index contributed by atoms with van der Waals surface area (Å²) in [6, 6.07) is 6.41. The highest BCUT2D eigenvalue weighted by molar-refractivity contribution is 5.61. The predicted molar refractivity (Wildman–Crippen MR) is 66.4 cm³/mol. The van der Waals surface area contributed by atoms with Gasteiger partial charge in [-0.1, -0.05) is 6.07 Å². The predicted octanol–water partition coefficient (Wildman–Crippen LogP) is 1.91. The number of nitrogens with one attached hydrogen (secondary N) is 1. The number of hydrogen-bond donors (Lipinski definition) is 1. The van der Waals surface area contributed by atoms with Crippen molar-refractivity contribution >= 4 is 0 Å². The zero-order chi connectivity index (χ0) is 11.7. The van der Waals surface area contributed by atoms with Gasteiger partial charge >= 0.3 is 0 Å². The number of pyridine rings is 1. The van der Waals surface area contributed by atoms with Gasteiger partial charge in [-0.2, -0.15) is 5.10 Å². The quantitative estimate of drug-likeness (QED) is 0.853. The van der Waals surface area contributed by atoms with E-state index in [2.05, 4.69) is 15.4 Å². The number of aromatic nitrogens is 3. The van der Waals surface area contributed by atoms with Crippen LogP contribution in [-0.2, 0) is 7.05 Å². The first-order valence-electron chi connectivity index (χ1n) is 6.03. The Hall–Kier alpha value is -1.68. The second kappa shape index (κ2) is 4.30. The van der Waals surface area contributed by atoms with E-state index in [1.54, 1.807) is 0 Å². The maximum absolute atomic E-state index is 4.41. The van der Waals surface area contributed by atoms with Crippen LogP contribution >= 0.6 is 0 Å². The summed E-state index contributed by atoms with van der Waals surface area (Å²) in [5, 5.41) is 7.90. The lowest BCUT2D eigenvalue weighted by Crippen LogP contribution is -2.17. The summed E-state index contributed by atoms with van der Waals surface area (Å²) in [5.41, 5.74) is 3.40. The summed E-state index contributed by atoms with van der Waals surface area (Å²) in [4.78, 5) is 4.41. The van der Waals surface area contributed by atoms with Gasteiger partial charge in [0.05, 0.1) is 17.6 Å². The van der Waals surface area contributed by atoms with Crippen LogP contribution in [0, 0.1) is 0 Å². The van der Waals surface area contributed by atoms with Gasteiger partial charge < -0.3 is 5.32 Å². The van der Waals surface area contributed by atoms with Gasteiger partial charge in [-0.25, -0.2) is 0 Å². The van der Waals surface area contributed by atoms with E-state index >= 15 is 0 Å². The zero-order valence-electron chi connectivity index (χ0n) is 9.93. The second-order valence-electron chi connectivity index (χ2n) is 4.43. The van der Waals surface area contributed by atoms with Crippen molar-refractivity contribution in [3.63, 3.8) is 0 Å². The molecule has 0 aliphatic carbocycles. The monoisotopic (exact) mass is 228 g/mol. The Morgan fingerprint density at radius 3 is 3.06 bits per heavy atom. The van der Waals surface area contributed by atoms with Crippen LogP contribution in [0.1, 0.15) is 24.6 Å². The third-order valence-electron chi connectivity index (χ3n) is 3.32. The largest absolute Gasteiger partial charge is 0.309 e. The molecule has 1 aliphatic rings. The summed E-state index contributed by atoms with van der Waals surface area (Å²) >= 11 is 0. The minimum Gasteiger partial charge on any atom is -0.309 e. The van der Waals surface area contributed by atoms with Gasteiger partial charge in [0.15, 0.2) is 0 Å². The molecule has 1 atom stereocenters. The van der Waals surface area contributed by atoms with Crippen molar-refractivity contribution in [3.8, 4) is 11.3 Å². The van der Waals surface area contributed by atoms with E-state index in [1.807, 2.05) is 42.3 Å². The molecule has 3 heterocycles. The fourth-order valence-electron chi connectivity index (χ4n) is 2.50. The summed E-state index contributed by atoms with van der Waals surface area (Å²) < 4.78 is 1.97. The lowest BCUT2D eigenvalue weighted by Gasteiger charge is -2.13. The molecule has 1 aliphatic heterocycles. The Labute approximate surface area is 101 Å². The lowest BCUT2D eigenvalue weighted by molar-refractivity contribution is 0.575. The highest BCUT2D eigenvalue weighted by Crippen LogP contribution is 2.30. The van der Waals surface area contributed by atoms with E-state index in [0.717, 1.165) is 17.8 Å². The van der Waals surface area contributed by atoms with Gasteiger partial charge in [-0.3, -0.25) is 9.67 Å². The Balaban J connectivity index is 2.06. The molecule has 88 valence electrons. The van der Waals surface area contributed by atoms with Gasteiger partial charge in [0.2, 0.25) is 0 Å². The van der Waals surface area contributed by atoms with Gasteiger partial charge in [-0.05, 0) is 31.5 Å². The van der Waals surface area contributed by atoms with Gasteiger partial charge in [0, 0.05) is 24.8 Å². The van der Waals surface area contributed by atoms with Crippen molar-refractivity contribution in [1.82, 2.24) is 20.1 Å². The maximum atomic E-state index is 4.41. The molecule has 3 rings (SSSR count). The topological polar surface area (TPSA) is 42.7 Å². The minimum atomic E-state index is 0.416. The normalized spacial score (nSPS) is 19.7. The summed E-state index contributed by atoms with van der Waals surface area (Å²) in [6.45, 7) is 1.09. The van der Waals surface area contributed by atoms with Crippen molar-refractivity contribution in [3.05, 3.63) is 36.3 Å². The van der Waals surface area contributed by atoms with Gasteiger partial charge in [0.1, 0.15) is 0 Å². The average molecular weight is 228 g/mol. The number of hydrogen-bond acceptors (Lipinski definition) is 3. The molecule has 17 heavy (non-hydrogen) atoms. The van der Waals surface area contributed by atoms with E-state index in [1.165, 1.54) is 18.5 Å². The SMILES string of the molecule is Cn1ncc(-c2ccccn2)c1C1CCCN1. The Bertz CT molecular complexity index is 497. The van der Waals surface area contributed by atoms with Crippen molar-refractivity contribution in [2.24, 2.45) is 7.05 Å². The van der Waals surface area contributed by atoms with Crippen LogP contribution in [0.15, 0.2) is 30.6 Å². The van der Waals surface area contributed by atoms with Crippen LogP contribution in [0.4, 0.5) is 0 Å². The number of nitrogens with zero attached hydrogens (tertiary/aromatic N) is 3. The van der Waals surface area contributed by atoms with Crippen LogP contribution in [0.5, 0.6) is 0 Å². The average Bonchev–Trinajstić information content (AvgIpc) is 2.99. The summed E-state index contributed by atoms with van der Waals surface area (Å²) in [6.07, 6.45) is 6.16. The van der Waals surface area contributed by atoms with E-state index in [0.29, 0.717) is 6.04 Å². The van der Waals surface area contributed by atoms with Crippen molar-refractivity contribution < 1.29 is 0 Å². The molecule has 1 unspecified atom stereocenters. The molecule has 1 saturated heterocycles. The van der Waals surface area contributed by atoms with Crippen molar-refractivity contribution in [2.75, 3.05) is 6.54 Å². The first-order valence-corrected chi connectivity index (χ1v) is 6.03. The minimum absolute atomic E-state index is 0.416. The molecule has 1 N–H and O–H groups in total. The molecule has 0 aromatic carbocycles. The van der Waals surface area contributed by atoms with E-state index in [9.17, 15) is 0 Å². The molecule has 0 amide bonds. The van der Waals surface area contributed by atoms with Crippen LogP contribution < -0.4 is 5.32 Å². The van der Waals surface area contributed by atoms with E-state index < -0.39 is 0 Å². The second-order valence-corrected chi connectivity index (χ2v) is 4.43. The Kier molecular flexibility index (Phi) is 2.65. The molecular weight excluding hydrogens is 212 g/mol. The van der Waals surface area contributed by atoms with Gasteiger partial charge in [0.25, 0.3) is 0 Å². The van der Waals surface area contributed by atoms with Crippen LogP contribution in [-0.4, -0.2) is 21.3 Å². The van der Waals surface area contributed by atoms with Crippen LogP contribution in [0.3, 0.4) is 0 Å². The Morgan fingerprint density at radius 1 is 1.41 bits per heavy atom. The van der Waals surface area contributed by atoms with Crippen molar-refractivity contribution in [2.45, 2.75) is 18.9 Å². The smallest absolute Gasteiger partial charge is 0.0736 e. The molecule has 4 heteroatoms. The van der Waals surface area contributed by atoms with E-state index in [-0.39, 0.29) is 0 Å². The summed E-state index contributed by atoms with van der Waals surface area (Å²) in [5.74, 6) is 0. The molecule has 0 spiro atoms. The van der Waals surface area contributed by atoms with Gasteiger partial charge in [-0.15, -0.1) is 0 Å². The third-order valence-corrected chi connectivity index (χ3v) is 3.32. The first-order chi connectivity index (χ1) is 8.36. The fraction of sp³-hybridized carbons (Fsp3) is 0.385. The zero-order valence-corrected chi connectivity index (χ0v) is 9.93. The molecule has 1 fully saturated rings. The van der Waals surface area contributed by atoms with Crippen LogP contribution in [0.25, 0.3) is 11.3 Å². The first kappa shape index (κ1) is 10.5. The van der Waals surface area contributed by atoms with Crippen LogP contribution in [0.2, 0.25) is 0 Å². The molecule has 4 nitrogen and oxygen atoms in total. The highest BCUT2D eigenvalue weighted by Gasteiger charge is 2.23.